The Labute approximate surface area is 135 Å². The fourth-order valence-electron chi connectivity index (χ4n) is 2.91. The Morgan fingerprint density at radius 3 is 2.65 bits per heavy atom. The van der Waals surface area contributed by atoms with Crippen molar-refractivity contribution in [2.75, 3.05) is 0 Å². The van der Waals surface area contributed by atoms with Gasteiger partial charge in [-0.2, -0.15) is 0 Å². The number of aromatic nitrogens is 2. The topological polar surface area (TPSA) is 71.8 Å². The van der Waals surface area contributed by atoms with Gasteiger partial charge in [0.15, 0.2) is 0 Å². The number of carbonyl (C=O) groups is 1. The molecule has 3 aromatic rings. The largest absolute Gasteiger partial charge is 0.366 e. The highest BCUT2D eigenvalue weighted by molar-refractivity contribution is 5.93. The maximum absolute atomic E-state index is 11.5. The van der Waals surface area contributed by atoms with Gasteiger partial charge in [0, 0.05) is 17.5 Å². The van der Waals surface area contributed by atoms with E-state index >= 15 is 0 Å². The van der Waals surface area contributed by atoms with E-state index in [0.29, 0.717) is 5.56 Å². The van der Waals surface area contributed by atoms with Crippen LogP contribution < -0.4 is 5.73 Å². The molecule has 1 heterocycles. The van der Waals surface area contributed by atoms with E-state index in [1.54, 1.807) is 12.4 Å². The average molecular weight is 305 g/mol. The zero-order chi connectivity index (χ0) is 16.4. The third-order valence-electron chi connectivity index (χ3n) is 4.29. The molecular formula is C19H19N3O. The van der Waals surface area contributed by atoms with Crippen LogP contribution in [0.2, 0.25) is 0 Å². The number of benzene rings is 2. The second-order valence-corrected chi connectivity index (χ2v) is 5.72. The second-order valence-electron chi connectivity index (χ2n) is 5.72. The van der Waals surface area contributed by atoms with E-state index in [-0.39, 0.29) is 5.92 Å². The summed E-state index contributed by atoms with van der Waals surface area (Å²) in [5, 5.41) is 0. The fourth-order valence-corrected chi connectivity index (χ4v) is 2.91. The van der Waals surface area contributed by atoms with E-state index in [0.717, 1.165) is 11.3 Å². The zero-order valence-electron chi connectivity index (χ0n) is 13.2. The summed E-state index contributed by atoms with van der Waals surface area (Å²) in [6, 6.07) is 13.7. The number of amides is 1. The van der Waals surface area contributed by atoms with Crippen LogP contribution >= 0.6 is 0 Å². The van der Waals surface area contributed by atoms with Crippen LogP contribution in [0.1, 0.15) is 44.2 Å². The monoisotopic (exact) mass is 305 g/mol. The molecule has 1 atom stereocenters. The maximum Gasteiger partial charge on any atom is 0.248 e. The Kier molecular flexibility index (Phi) is 3.98. The van der Waals surface area contributed by atoms with Crippen molar-refractivity contribution in [2.24, 2.45) is 5.73 Å². The number of imidazole rings is 1. The van der Waals surface area contributed by atoms with Crippen LogP contribution in [0.4, 0.5) is 0 Å². The van der Waals surface area contributed by atoms with E-state index < -0.39 is 5.91 Å². The van der Waals surface area contributed by atoms with Gasteiger partial charge in [0.25, 0.3) is 0 Å². The van der Waals surface area contributed by atoms with Gasteiger partial charge in [0.05, 0.1) is 12.2 Å². The smallest absolute Gasteiger partial charge is 0.248 e. The number of nitrogens with zero attached hydrogens (tertiary/aromatic N) is 1. The first-order valence-electron chi connectivity index (χ1n) is 7.52. The lowest BCUT2D eigenvalue weighted by atomic mass is 9.84. The van der Waals surface area contributed by atoms with Gasteiger partial charge in [-0.15, -0.1) is 0 Å². The average Bonchev–Trinajstić information content (AvgIpc) is 3.06. The molecule has 2 aromatic carbocycles. The Hall–Kier alpha value is -2.88. The number of nitrogens with one attached hydrogen (secondary N) is 1. The van der Waals surface area contributed by atoms with E-state index in [9.17, 15) is 4.79 Å². The molecule has 116 valence electrons. The fraction of sp³-hybridized carbons (Fsp3) is 0.158. The lowest BCUT2D eigenvalue weighted by Gasteiger charge is -2.20. The van der Waals surface area contributed by atoms with Crippen molar-refractivity contribution < 1.29 is 4.79 Å². The van der Waals surface area contributed by atoms with Crippen molar-refractivity contribution in [2.45, 2.75) is 19.8 Å². The van der Waals surface area contributed by atoms with Gasteiger partial charge in [-0.25, -0.2) is 4.98 Å². The molecule has 0 radical (unpaired) electrons. The SMILES string of the molecule is Cc1cccc(C(c2cccc(C(N)=O)c2)c2cnc[nH]2)c1C. The van der Waals surface area contributed by atoms with Gasteiger partial charge >= 0.3 is 0 Å². The van der Waals surface area contributed by atoms with Crippen molar-refractivity contribution in [3.63, 3.8) is 0 Å². The molecule has 0 bridgehead atoms. The predicted molar refractivity (Wildman–Crippen MR) is 90.4 cm³/mol. The van der Waals surface area contributed by atoms with Gasteiger partial charge in [-0.05, 0) is 48.2 Å². The van der Waals surface area contributed by atoms with Crippen LogP contribution in [0.25, 0.3) is 0 Å². The highest BCUT2D eigenvalue weighted by Gasteiger charge is 2.21. The molecule has 0 saturated carbocycles. The summed E-state index contributed by atoms with van der Waals surface area (Å²) < 4.78 is 0. The number of primary amides is 1. The number of carbonyl (C=O) groups excluding carboxylic acids is 1. The molecule has 4 nitrogen and oxygen atoms in total. The van der Waals surface area contributed by atoms with Crippen LogP contribution in [0.5, 0.6) is 0 Å². The van der Waals surface area contributed by atoms with Gasteiger partial charge < -0.3 is 10.7 Å². The standard InChI is InChI=1S/C19H19N3O/c1-12-5-3-8-16(13(12)2)18(17-10-21-11-22-17)14-6-4-7-15(9-14)19(20)23/h3-11,18H,1-2H3,(H2,20,23)(H,21,22). The third-order valence-corrected chi connectivity index (χ3v) is 4.29. The van der Waals surface area contributed by atoms with E-state index in [4.69, 9.17) is 5.73 Å². The molecular weight excluding hydrogens is 286 g/mol. The van der Waals surface area contributed by atoms with Crippen molar-refractivity contribution in [3.8, 4) is 0 Å². The normalized spacial score (nSPS) is 12.1. The minimum atomic E-state index is -0.420. The van der Waals surface area contributed by atoms with E-state index in [1.165, 1.54) is 16.7 Å². The Balaban J connectivity index is 2.20. The van der Waals surface area contributed by atoms with Gasteiger partial charge in [-0.3, -0.25) is 4.79 Å². The molecule has 0 fully saturated rings. The zero-order valence-corrected chi connectivity index (χ0v) is 13.2. The quantitative estimate of drug-likeness (QED) is 0.776. The summed E-state index contributed by atoms with van der Waals surface area (Å²) >= 11 is 0. The number of nitrogens with two attached hydrogens (primary N) is 1. The molecule has 23 heavy (non-hydrogen) atoms. The van der Waals surface area contributed by atoms with Gasteiger partial charge in [-0.1, -0.05) is 30.3 Å². The lowest BCUT2D eigenvalue weighted by Crippen LogP contribution is -2.13. The van der Waals surface area contributed by atoms with Crippen LogP contribution in [0.15, 0.2) is 55.0 Å². The molecule has 1 aromatic heterocycles. The molecule has 0 saturated heterocycles. The minimum Gasteiger partial charge on any atom is -0.366 e. The van der Waals surface area contributed by atoms with Crippen molar-refractivity contribution in [3.05, 3.63) is 88.5 Å². The number of hydrogen-bond acceptors (Lipinski definition) is 2. The molecule has 3 N–H and O–H groups in total. The summed E-state index contributed by atoms with van der Waals surface area (Å²) in [5.41, 5.74) is 11.6. The summed E-state index contributed by atoms with van der Waals surface area (Å²) in [4.78, 5) is 18.9. The van der Waals surface area contributed by atoms with E-state index in [1.807, 2.05) is 24.4 Å². The summed E-state index contributed by atoms with van der Waals surface area (Å²) in [7, 11) is 0. The van der Waals surface area contributed by atoms with Gasteiger partial charge in [0.1, 0.15) is 0 Å². The van der Waals surface area contributed by atoms with Crippen molar-refractivity contribution in [1.29, 1.82) is 0 Å². The molecule has 0 aliphatic rings. The number of hydrogen-bond donors (Lipinski definition) is 2. The van der Waals surface area contributed by atoms with Crippen LogP contribution in [0, 0.1) is 13.8 Å². The van der Waals surface area contributed by atoms with Crippen LogP contribution in [-0.4, -0.2) is 15.9 Å². The Morgan fingerprint density at radius 1 is 1.17 bits per heavy atom. The second kappa shape index (κ2) is 6.08. The number of aryl methyl sites for hydroxylation is 1. The van der Waals surface area contributed by atoms with Crippen molar-refractivity contribution >= 4 is 5.91 Å². The molecule has 3 rings (SSSR count). The molecule has 1 amide bonds. The predicted octanol–water partition coefficient (Wildman–Crippen LogP) is 3.31. The highest BCUT2D eigenvalue weighted by Crippen LogP contribution is 2.33. The first-order chi connectivity index (χ1) is 11.1. The molecule has 1 unspecified atom stereocenters. The summed E-state index contributed by atoms with van der Waals surface area (Å²) in [6.07, 6.45) is 3.49. The van der Waals surface area contributed by atoms with Crippen LogP contribution in [0.3, 0.4) is 0 Å². The summed E-state index contributed by atoms with van der Waals surface area (Å²) in [6.45, 7) is 4.22. The number of aromatic amines is 1. The Morgan fingerprint density at radius 2 is 1.96 bits per heavy atom. The number of rotatable bonds is 4. The highest BCUT2D eigenvalue weighted by atomic mass is 16.1. The molecule has 4 heteroatoms. The number of H-pyrrole nitrogens is 1. The van der Waals surface area contributed by atoms with Crippen molar-refractivity contribution in [1.82, 2.24) is 9.97 Å². The van der Waals surface area contributed by atoms with E-state index in [2.05, 4.69) is 42.0 Å². The minimum absolute atomic E-state index is 0.0169. The maximum atomic E-state index is 11.5. The first kappa shape index (κ1) is 15.0. The van der Waals surface area contributed by atoms with Gasteiger partial charge in [0.2, 0.25) is 5.91 Å². The lowest BCUT2D eigenvalue weighted by molar-refractivity contribution is 0.1000. The molecule has 0 aliphatic heterocycles. The third kappa shape index (κ3) is 2.88. The summed E-state index contributed by atoms with van der Waals surface area (Å²) in [5.74, 6) is -0.437. The Bertz CT molecular complexity index is 838. The molecule has 0 spiro atoms. The van der Waals surface area contributed by atoms with Crippen LogP contribution in [-0.2, 0) is 0 Å². The first-order valence-corrected chi connectivity index (χ1v) is 7.52. The molecule has 0 aliphatic carbocycles.